The fourth-order valence-electron chi connectivity index (χ4n) is 1.69. The van der Waals surface area contributed by atoms with Crippen molar-refractivity contribution in [2.45, 2.75) is 64.2 Å². The van der Waals surface area contributed by atoms with Crippen LogP contribution in [-0.4, -0.2) is 0 Å². The summed E-state index contributed by atoms with van der Waals surface area (Å²) < 4.78 is 0. The molecule has 0 radical (unpaired) electrons. The Hall–Kier alpha value is -4.40. The molecule has 0 bridgehead atoms. The second-order valence-corrected chi connectivity index (χ2v) is 5.52. The molecule has 0 spiro atoms. The van der Waals surface area contributed by atoms with Crippen LogP contribution in [0.5, 0.6) is 0 Å². The maximum Gasteiger partial charge on any atom is 0.0209 e. The lowest BCUT2D eigenvalue weighted by molar-refractivity contribution is 1.12. The highest BCUT2D eigenvalue weighted by atomic mass is 13.8. The first-order chi connectivity index (χ1) is 15.0. The summed E-state index contributed by atoms with van der Waals surface area (Å²) in [5, 5.41) is 0. The van der Waals surface area contributed by atoms with Crippen LogP contribution in [-0.2, 0) is 0 Å². The Morgan fingerprint density at radius 3 is 0.367 bits per heavy atom. The highest BCUT2D eigenvalue weighted by molar-refractivity contribution is 5.31. The topological polar surface area (TPSA) is 0 Å². The molecule has 0 amide bonds. The average molecular weight is 380 g/mol. The standard InChI is InChI=1S/C30H20/c1-2-4-6-8-10-12-14-16-18-20-22-24-26-28-30-29-27-25-23-21-19-17-15-13-11-9-7-5-3-1/h1-2,11-14,23-26H2. The molecule has 1 aliphatic rings. The Morgan fingerprint density at radius 2 is 0.267 bits per heavy atom. The Balaban J connectivity index is 2.57. The van der Waals surface area contributed by atoms with Crippen molar-refractivity contribution < 1.29 is 0 Å². The highest BCUT2D eigenvalue weighted by Gasteiger charge is 1.77. The first-order valence-corrected chi connectivity index (χ1v) is 9.79. The van der Waals surface area contributed by atoms with Crippen molar-refractivity contribution in [3.05, 3.63) is 0 Å². The van der Waals surface area contributed by atoms with Gasteiger partial charge in [0.05, 0.1) is 0 Å². The molecule has 0 fully saturated rings. The molecular formula is C30H20. The van der Waals surface area contributed by atoms with E-state index in [4.69, 9.17) is 0 Å². The van der Waals surface area contributed by atoms with Gasteiger partial charge in [-0.05, 0) is 59.2 Å². The van der Waals surface area contributed by atoms with Gasteiger partial charge in [-0.2, -0.15) is 0 Å². The molecule has 1 aliphatic carbocycles. The van der Waals surface area contributed by atoms with Gasteiger partial charge in [-0.15, -0.1) is 0 Å². The van der Waals surface area contributed by atoms with Gasteiger partial charge in [0.2, 0.25) is 0 Å². The van der Waals surface area contributed by atoms with Gasteiger partial charge < -0.3 is 0 Å². The molecule has 0 aromatic heterocycles. The van der Waals surface area contributed by atoms with E-state index in [2.05, 4.69) is 118 Å². The van der Waals surface area contributed by atoms with E-state index in [1.54, 1.807) is 0 Å². The lowest BCUT2D eigenvalue weighted by Crippen LogP contribution is -1.69. The summed E-state index contributed by atoms with van der Waals surface area (Å²) >= 11 is 0. The van der Waals surface area contributed by atoms with Crippen molar-refractivity contribution in [2.24, 2.45) is 0 Å². The molecule has 0 aromatic rings. The molecule has 1 rings (SSSR count). The summed E-state index contributed by atoms with van der Waals surface area (Å²) in [6.45, 7) is 0. The third-order valence-electron chi connectivity index (χ3n) is 3.07. The van der Waals surface area contributed by atoms with Crippen LogP contribution in [0.15, 0.2) is 0 Å². The zero-order valence-electron chi connectivity index (χ0n) is 17.1. The van der Waals surface area contributed by atoms with Crippen molar-refractivity contribution in [2.75, 3.05) is 0 Å². The fraction of sp³-hybridized carbons (Fsp3) is 0.333. The molecule has 0 heteroatoms. The van der Waals surface area contributed by atoms with E-state index in [1.165, 1.54) is 0 Å². The van der Waals surface area contributed by atoms with Crippen LogP contribution in [0, 0.1) is 118 Å². The lowest BCUT2D eigenvalue weighted by atomic mass is 10.3. The van der Waals surface area contributed by atoms with Crippen LogP contribution in [0.2, 0.25) is 0 Å². The van der Waals surface area contributed by atoms with E-state index in [1.807, 2.05) is 0 Å². The molecule has 0 nitrogen and oxygen atoms in total. The Labute approximate surface area is 182 Å². The second-order valence-electron chi connectivity index (χ2n) is 5.52. The molecule has 0 aromatic carbocycles. The summed E-state index contributed by atoms with van der Waals surface area (Å²) in [6.07, 6.45) is 6.93. The van der Waals surface area contributed by atoms with E-state index in [0.717, 1.165) is 0 Å². The first kappa shape index (κ1) is 23.6. The smallest absolute Gasteiger partial charge is 0.0209 e. The minimum absolute atomic E-state index is 0.693. The third kappa shape index (κ3) is 18.4. The minimum Gasteiger partial charge on any atom is -0.0881 e. The zero-order chi connectivity index (χ0) is 21.2. The van der Waals surface area contributed by atoms with Gasteiger partial charge in [0, 0.05) is 64.2 Å². The van der Waals surface area contributed by atoms with Gasteiger partial charge in [0.15, 0.2) is 0 Å². The van der Waals surface area contributed by atoms with Crippen LogP contribution < -0.4 is 0 Å². The van der Waals surface area contributed by atoms with E-state index in [0.29, 0.717) is 64.2 Å². The highest BCUT2D eigenvalue weighted by Crippen LogP contribution is 1.86. The SMILES string of the molecule is C1#CCCC#CC#CCCC#CC#CCCC#CC#CCCC#CC#CCCC#C1. The maximum absolute atomic E-state index is 2.98. The molecule has 140 valence electrons. The van der Waals surface area contributed by atoms with Crippen molar-refractivity contribution in [1.29, 1.82) is 0 Å². The molecule has 30 heavy (non-hydrogen) atoms. The monoisotopic (exact) mass is 380 g/mol. The van der Waals surface area contributed by atoms with E-state index in [9.17, 15) is 0 Å². The third-order valence-corrected chi connectivity index (χ3v) is 3.07. The number of rotatable bonds is 0. The van der Waals surface area contributed by atoms with E-state index < -0.39 is 0 Å². The molecule has 0 N–H and O–H groups in total. The van der Waals surface area contributed by atoms with Crippen LogP contribution in [0.25, 0.3) is 0 Å². The molecule has 0 saturated heterocycles. The normalized spacial score (nSPS) is 13.3. The summed E-state index contributed by atoms with van der Waals surface area (Å²) in [5.41, 5.74) is 0. The minimum atomic E-state index is 0.693. The largest absolute Gasteiger partial charge is 0.0881 e. The molecule has 0 aliphatic heterocycles. The molecule has 0 unspecified atom stereocenters. The Bertz CT molecular complexity index is 854. The molecule has 0 heterocycles. The number of hydrogen-bond acceptors (Lipinski definition) is 0. The fourth-order valence-corrected chi connectivity index (χ4v) is 1.69. The summed E-state index contributed by atoms with van der Waals surface area (Å²) in [6, 6.07) is 0. The van der Waals surface area contributed by atoms with Crippen LogP contribution in [0.3, 0.4) is 0 Å². The van der Waals surface area contributed by atoms with Crippen molar-refractivity contribution >= 4 is 0 Å². The summed E-state index contributed by atoms with van der Waals surface area (Å²) in [5.74, 6) is 58.1. The Morgan fingerprint density at radius 1 is 0.167 bits per heavy atom. The predicted molar refractivity (Wildman–Crippen MR) is 124 cm³/mol. The van der Waals surface area contributed by atoms with E-state index >= 15 is 0 Å². The summed E-state index contributed by atoms with van der Waals surface area (Å²) in [4.78, 5) is 0. The maximum atomic E-state index is 2.98. The average Bonchev–Trinajstić information content (AvgIpc) is 2.76. The predicted octanol–water partition coefficient (Wildman–Crippen LogP) is 3.94. The molecule has 0 atom stereocenters. The van der Waals surface area contributed by atoms with Crippen LogP contribution in [0.4, 0.5) is 0 Å². The quantitative estimate of drug-likeness (QED) is 0.559. The van der Waals surface area contributed by atoms with Crippen molar-refractivity contribution in [3.8, 4) is 118 Å². The van der Waals surface area contributed by atoms with E-state index in [-0.39, 0.29) is 0 Å². The Kier molecular flexibility index (Phi) is 16.5. The van der Waals surface area contributed by atoms with Gasteiger partial charge >= 0.3 is 0 Å². The van der Waals surface area contributed by atoms with Crippen molar-refractivity contribution in [3.63, 3.8) is 0 Å². The second kappa shape index (κ2) is 20.9. The molecule has 0 saturated carbocycles. The van der Waals surface area contributed by atoms with Crippen LogP contribution >= 0.6 is 0 Å². The van der Waals surface area contributed by atoms with Gasteiger partial charge in [0.25, 0.3) is 0 Å². The van der Waals surface area contributed by atoms with Crippen LogP contribution in [0.1, 0.15) is 64.2 Å². The summed E-state index contributed by atoms with van der Waals surface area (Å²) in [7, 11) is 0. The van der Waals surface area contributed by atoms with Gasteiger partial charge in [-0.3, -0.25) is 0 Å². The van der Waals surface area contributed by atoms with Gasteiger partial charge in [-0.1, -0.05) is 59.2 Å². The van der Waals surface area contributed by atoms with Gasteiger partial charge in [0.1, 0.15) is 0 Å². The first-order valence-electron chi connectivity index (χ1n) is 9.79. The zero-order valence-corrected chi connectivity index (χ0v) is 17.1. The van der Waals surface area contributed by atoms with Gasteiger partial charge in [-0.25, -0.2) is 0 Å². The molecular weight excluding hydrogens is 360 g/mol. The van der Waals surface area contributed by atoms with Crippen molar-refractivity contribution in [1.82, 2.24) is 0 Å². The number of hydrogen-bond donors (Lipinski definition) is 0. The lowest BCUT2D eigenvalue weighted by Gasteiger charge is -1.78.